The van der Waals surface area contributed by atoms with Crippen LogP contribution in [0, 0.1) is 5.92 Å². The highest BCUT2D eigenvalue weighted by atomic mass is 16.4. The highest BCUT2D eigenvalue weighted by molar-refractivity contribution is 5.79. The summed E-state index contributed by atoms with van der Waals surface area (Å²) in [6, 6.07) is 0.734. The van der Waals surface area contributed by atoms with E-state index in [1.165, 1.54) is 0 Å². The Morgan fingerprint density at radius 2 is 2.05 bits per heavy atom. The first kappa shape index (κ1) is 17.4. The SMILES string of the molecule is CCN(CCC1CCCC1(NC(C)C)C(=O)O)C(C)C. The Bertz CT molecular complexity index is 318. The van der Waals surface area contributed by atoms with Gasteiger partial charge < -0.3 is 10.0 Å². The van der Waals surface area contributed by atoms with Crippen LogP contribution >= 0.6 is 0 Å². The maximum atomic E-state index is 11.8. The van der Waals surface area contributed by atoms with E-state index in [2.05, 4.69) is 31.0 Å². The number of nitrogens with one attached hydrogen (secondary N) is 1. The lowest BCUT2D eigenvalue weighted by molar-refractivity contribution is -0.147. The summed E-state index contributed by atoms with van der Waals surface area (Å²) in [6.45, 7) is 12.7. The molecule has 0 aromatic rings. The zero-order valence-electron chi connectivity index (χ0n) is 13.8. The van der Waals surface area contributed by atoms with E-state index in [4.69, 9.17) is 0 Å². The molecule has 1 rings (SSSR count). The average molecular weight is 284 g/mol. The molecule has 2 N–H and O–H groups in total. The smallest absolute Gasteiger partial charge is 0.324 e. The zero-order valence-corrected chi connectivity index (χ0v) is 13.8. The van der Waals surface area contributed by atoms with Gasteiger partial charge in [0.05, 0.1) is 0 Å². The fourth-order valence-corrected chi connectivity index (χ4v) is 3.62. The second-order valence-corrected chi connectivity index (χ2v) is 6.68. The quantitative estimate of drug-likeness (QED) is 0.719. The summed E-state index contributed by atoms with van der Waals surface area (Å²) in [7, 11) is 0. The summed E-state index contributed by atoms with van der Waals surface area (Å²) in [5, 5.41) is 13.1. The fourth-order valence-electron chi connectivity index (χ4n) is 3.62. The first-order chi connectivity index (χ1) is 9.33. The molecule has 0 aromatic heterocycles. The van der Waals surface area contributed by atoms with Crippen molar-refractivity contribution in [1.29, 1.82) is 0 Å². The van der Waals surface area contributed by atoms with Crippen molar-refractivity contribution in [2.45, 2.75) is 77.9 Å². The molecule has 0 heterocycles. The van der Waals surface area contributed by atoms with Gasteiger partial charge in [-0.2, -0.15) is 0 Å². The van der Waals surface area contributed by atoms with Gasteiger partial charge in [0, 0.05) is 12.1 Å². The summed E-state index contributed by atoms with van der Waals surface area (Å²) in [5.41, 5.74) is -0.704. The van der Waals surface area contributed by atoms with Crippen LogP contribution < -0.4 is 5.32 Å². The topological polar surface area (TPSA) is 52.6 Å². The predicted molar refractivity (Wildman–Crippen MR) is 83.0 cm³/mol. The van der Waals surface area contributed by atoms with E-state index in [0.29, 0.717) is 6.04 Å². The summed E-state index contributed by atoms with van der Waals surface area (Å²) in [5.74, 6) is -0.420. The number of nitrogens with zero attached hydrogens (tertiary/aromatic N) is 1. The maximum Gasteiger partial charge on any atom is 0.324 e. The third kappa shape index (κ3) is 3.95. The van der Waals surface area contributed by atoms with Crippen LogP contribution in [0.3, 0.4) is 0 Å². The Hall–Kier alpha value is -0.610. The molecular weight excluding hydrogens is 252 g/mol. The number of carboxylic acid groups (broad SMARTS) is 1. The minimum Gasteiger partial charge on any atom is -0.480 e. The van der Waals surface area contributed by atoms with Gasteiger partial charge in [-0.1, -0.05) is 13.3 Å². The van der Waals surface area contributed by atoms with E-state index in [0.717, 1.165) is 38.8 Å². The number of aliphatic carboxylic acids is 1. The van der Waals surface area contributed by atoms with E-state index >= 15 is 0 Å². The van der Waals surface area contributed by atoms with E-state index in [9.17, 15) is 9.90 Å². The third-order valence-electron chi connectivity index (χ3n) is 4.65. The number of hydrogen-bond donors (Lipinski definition) is 2. The predicted octanol–water partition coefficient (Wildman–Crippen LogP) is 2.73. The summed E-state index contributed by atoms with van der Waals surface area (Å²) in [4.78, 5) is 14.3. The standard InChI is InChI=1S/C16H32N2O2/c1-6-18(13(4)5)11-9-14-8-7-10-16(14,15(19)20)17-12(2)3/h12-14,17H,6-11H2,1-5H3,(H,19,20). The van der Waals surface area contributed by atoms with Gasteiger partial charge in [0.15, 0.2) is 0 Å². The monoisotopic (exact) mass is 284 g/mol. The molecule has 0 spiro atoms. The molecule has 0 radical (unpaired) electrons. The molecule has 20 heavy (non-hydrogen) atoms. The van der Waals surface area contributed by atoms with Crippen LogP contribution in [-0.4, -0.2) is 46.7 Å². The van der Waals surface area contributed by atoms with Crippen molar-refractivity contribution in [1.82, 2.24) is 10.2 Å². The average Bonchev–Trinajstić information content (AvgIpc) is 2.73. The van der Waals surface area contributed by atoms with Crippen LogP contribution in [-0.2, 0) is 4.79 Å². The van der Waals surface area contributed by atoms with Crippen molar-refractivity contribution in [3.05, 3.63) is 0 Å². The lowest BCUT2D eigenvalue weighted by Gasteiger charge is -2.36. The molecule has 1 aliphatic rings. The second-order valence-electron chi connectivity index (χ2n) is 6.68. The van der Waals surface area contributed by atoms with Crippen molar-refractivity contribution in [3.8, 4) is 0 Å². The number of carbonyl (C=O) groups is 1. The largest absolute Gasteiger partial charge is 0.480 e. The van der Waals surface area contributed by atoms with Crippen LogP contribution in [0.4, 0.5) is 0 Å². The molecule has 0 saturated heterocycles. The number of carboxylic acids is 1. The number of rotatable bonds is 8. The Kier molecular flexibility index (Phi) is 6.46. The zero-order chi connectivity index (χ0) is 15.3. The van der Waals surface area contributed by atoms with Crippen LogP contribution in [0.5, 0.6) is 0 Å². The van der Waals surface area contributed by atoms with Crippen LogP contribution in [0.1, 0.15) is 60.3 Å². The molecule has 1 saturated carbocycles. The lowest BCUT2D eigenvalue weighted by atomic mass is 9.83. The molecule has 1 aliphatic carbocycles. The van der Waals surface area contributed by atoms with Gasteiger partial charge >= 0.3 is 5.97 Å². The molecule has 1 fully saturated rings. The minimum absolute atomic E-state index is 0.207. The highest BCUT2D eigenvalue weighted by Gasteiger charge is 2.49. The van der Waals surface area contributed by atoms with Crippen molar-refractivity contribution < 1.29 is 9.90 Å². The normalized spacial score (nSPS) is 26.9. The second kappa shape index (κ2) is 7.41. The van der Waals surface area contributed by atoms with Gasteiger partial charge in [0.25, 0.3) is 0 Å². The van der Waals surface area contributed by atoms with Crippen LogP contribution in [0.25, 0.3) is 0 Å². The maximum absolute atomic E-state index is 11.8. The van der Waals surface area contributed by atoms with Crippen LogP contribution in [0.15, 0.2) is 0 Å². The Balaban J connectivity index is 2.73. The van der Waals surface area contributed by atoms with Crippen molar-refractivity contribution in [3.63, 3.8) is 0 Å². The van der Waals surface area contributed by atoms with Gasteiger partial charge in [-0.25, -0.2) is 0 Å². The Morgan fingerprint density at radius 3 is 2.50 bits per heavy atom. The molecule has 0 amide bonds. The lowest BCUT2D eigenvalue weighted by Crippen LogP contribution is -2.57. The molecule has 4 heteroatoms. The minimum atomic E-state index is -0.704. The van der Waals surface area contributed by atoms with Crippen LogP contribution in [0.2, 0.25) is 0 Å². The molecule has 0 aliphatic heterocycles. The molecule has 2 unspecified atom stereocenters. The van der Waals surface area contributed by atoms with Gasteiger partial charge in [-0.3, -0.25) is 10.1 Å². The van der Waals surface area contributed by atoms with Gasteiger partial charge in [-0.15, -0.1) is 0 Å². The molecule has 0 bridgehead atoms. The Morgan fingerprint density at radius 1 is 1.40 bits per heavy atom. The van der Waals surface area contributed by atoms with Crippen molar-refractivity contribution >= 4 is 5.97 Å². The fraction of sp³-hybridized carbons (Fsp3) is 0.938. The van der Waals surface area contributed by atoms with Gasteiger partial charge in [0.1, 0.15) is 5.54 Å². The van der Waals surface area contributed by atoms with Crippen molar-refractivity contribution in [2.75, 3.05) is 13.1 Å². The van der Waals surface area contributed by atoms with E-state index < -0.39 is 11.5 Å². The molecule has 0 aromatic carbocycles. The first-order valence-electron chi connectivity index (χ1n) is 8.08. The number of hydrogen-bond acceptors (Lipinski definition) is 3. The molecule has 2 atom stereocenters. The molecule has 118 valence electrons. The van der Waals surface area contributed by atoms with Gasteiger partial charge in [0.2, 0.25) is 0 Å². The van der Waals surface area contributed by atoms with Crippen molar-refractivity contribution in [2.24, 2.45) is 5.92 Å². The molecular formula is C16H32N2O2. The first-order valence-corrected chi connectivity index (χ1v) is 8.08. The summed E-state index contributed by atoms with van der Waals surface area (Å²) < 4.78 is 0. The van der Waals surface area contributed by atoms with E-state index in [1.807, 2.05) is 13.8 Å². The van der Waals surface area contributed by atoms with Gasteiger partial charge in [-0.05, 0) is 66.0 Å². The summed E-state index contributed by atoms with van der Waals surface area (Å²) >= 11 is 0. The highest BCUT2D eigenvalue weighted by Crippen LogP contribution is 2.38. The Labute approximate surface area is 123 Å². The van der Waals surface area contributed by atoms with E-state index in [1.54, 1.807) is 0 Å². The summed E-state index contributed by atoms with van der Waals surface area (Å²) in [6.07, 6.45) is 3.78. The van der Waals surface area contributed by atoms with E-state index in [-0.39, 0.29) is 12.0 Å². The molecule has 4 nitrogen and oxygen atoms in total. The third-order valence-corrected chi connectivity index (χ3v) is 4.65.